The molecule has 1 rings (SSSR count). The molecule has 0 heterocycles. The largest absolute Gasteiger partial charge is 0.242 e. The summed E-state index contributed by atoms with van der Waals surface area (Å²) in [5, 5.41) is 0.216. The van der Waals surface area contributed by atoms with Crippen LogP contribution in [0.4, 0.5) is 0 Å². The van der Waals surface area contributed by atoms with Crippen LogP contribution in [-0.2, 0) is 10.0 Å². The summed E-state index contributed by atoms with van der Waals surface area (Å²) in [4.78, 5) is 0.0977. The highest BCUT2D eigenvalue weighted by Gasteiger charge is 2.29. The van der Waals surface area contributed by atoms with Gasteiger partial charge in [0.1, 0.15) is 4.90 Å². The molecule has 19 heavy (non-hydrogen) atoms. The van der Waals surface area contributed by atoms with E-state index in [2.05, 4.69) is 4.72 Å². The van der Waals surface area contributed by atoms with E-state index in [4.69, 9.17) is 23.2 Å². The van der Waals surface area contributed by atoms with Crippen molar-refractivity contribution in [2.45, 2.75) is 38.1 Å². The molecule has 1 N–H and O–H groups in total. The van der Waals surface area contributed by atoms with E-state index in [9.17, 15) is 8.42 Å². The first kappa shape index (κ1) is 16.8. The Hall–Kier alpha value is -0.290. The van der Waals surface area contributed by atoms with Crippen LogP contribution in [0.15, 0.2) is 29.2 Å². The molecule has 0 amide bonds. The number of benzene rings is 1. The van der Waals surface area contributed by atoms with E-state index in [1.807, 2.05) is 20.8 Å². The average molecular weight is 324 g/mol. The van der Waals surface area contributed by atoms with Crippen LogP contribution in [0.25, 0.3) is 0 Å². The molecule has 1 atom stereocenters. The summed E-state index contributed by atoms with van der Waals surface area (Å²) in [7, 11) is -3.64. The van der Waals surface area contributed by atoms with Crippen LogP contribution >= 0.6 is 23.2 Å². The Morgan fingerprint density at radius 2 is 1.84 bits per heavy atom. The predicted molar refractivity (Wildman–Crippen MR) is 80.4 cm³/mol. The van der Waals surface area contributed by atoms with Gasteiger partial charge in [-0.05, 0) is 24.0 Å². The zero-order valence-corrected chi connectivity index (χ0v) is 13.6. The normalized spacial score (nSPS) is 14.4. The second-order valence-electron chi connectivity index (χ2n) is 5.45. The fourth-order valence-electron chi connectivity index (χ4n) is 1.69. The minimum absolute atomic E-state index is 0.0977. The minimum Gasteiger partial charge on any atom is -0.207 e. The summed E-state index contributed by atoms with van der Waals surface area (Å²) < 4.78 is 27.4. The third kappa shape index (κ3) is 4.63. The summed E-state index contributed by atoms with van der Waals surface area (Å²) in [5.41, 5.74) is -0.219. The van der Waals surface area contributed by atoms with E-state index in [0.717, 1.165) is 0 Å². The summed E-state index contributed by atoms with van der Waals surface area (Å²) in [6, 6.07) is 6.15. The average Bonchev–Trinajstić information content (AvgIpc) is 2.27. The van der Waals surface area contributed by atoms with Gasteiger partial charge in [-0.15, -0.1) is 11.6 Å². The van der Waals surface area contributed by atoms with Crippen molar-refractivity contribution in [2.75, 3.05) is 5.88 Å². The van der Waals surface area contributed by atoms with Gasteiger partial charge in [0.2, 0.25) is 10.0 Å². The Bertz CT molecular complexity index is 524. The van der Waals surface area contributed by atoms with E-state index in [1.54, 1.807) is 18.2 Å². The van der Waals surface area contributed by atoms with Gasteiger partial charge < -0.3 is 0 Å². The molecule has 0 bridgehead atoms. The zero-order chi connectivity index (χ0) is 14.7. The monoisotopic (exact) mass is 323 g/mol. The number of nitrogens with one attached hydrogen (secondary N) is 1. The van der Waals surface area contributed by atoms with Crippen molar-refractivity contribution < 1.29 is 8.42 Å². The molecule has 0 saturated heterocycles. The maximum absolute atomic E-state index is 12.3. The Balaban J connectivity index is 3.05. The molecule has 0 aliphatic heterocycles. The molecular weight excluding hydrogens is 305 g/mol. The maximum atomic E-state index is 12.3. The zero-order valence-electron chi connectivity index (χ0n) is 11.3. The van der Waals surface area contributed by atoms with Gasteiger partial charge in [0.05, 0.1) is 5.02 Å². The van der Waals surface area contributed by atoms with Crippen molar-refractivity contribution >= 4 is 33.2 Å². The van der Waals surface area contributed by atoms with E-state index in [0.29, 0.717) is 12.3 Å². The van der Waals surface area contributed by atoms with Crippen molar-refractivity contribution in [2.24, 2.45) is 5.41 Å². The Morgan fingerprint density at radius 1 is 1.26 bits per heavy atom. The molecular formula is C13H19Cl2NO2S. The number of sulfonamides is 1. The van der Waals surface area contributed by atoms with Crippen LogP contribution in [0, 0.1) is 5.41 Å². The summed E-state index contributed by atoms with van der Waals surface area (Å²) >= 11 is 11.7. The van der Waals surface area contributed by atoms with Crippen LogP contribution in [0.1, 0.15) is 27.2 Å². The Kier molecular flexibility index (Phi) is 5.68. The van der Waals surface area contributed by atoms with Gasteiger partial charge in [0.15, 0.2) is 0 Å². The number of rotatable bonds is 5. The Labute approximate surface area is 125 Å². The molecule has 1 aromatic carbocycles. The van der Waals surface area contributed by atoms with E-state index in [1.165, 1.54) is 6.07 Å². The minimum atomic E-state index is -3.64. The van der Waals surface area contributed by atoms with Crippen molar-refractivity contribution in [3.63, 3.8) is 0 Å². The Morgan fingerprint density at radius 3 is 2.32 bits per heavy atom. The summed E-state index contributed by atoms with van der Waals surface area (Å²) in [5.74, 6) is 0.396. The van der Waals surface area contributed by atoms with Gasteiger partial charge in [-0.1, -0.05) is 44.5 Å². The predicted octanol–water partition coefficient (Wildman–Crippen LogP) is 3.66. The molecule has 0 radical (unpaired) electrons. The van der Waals surface area contributed by atoms with Crippen molar-refractivity contribution in [1.82, 2.24) is 4.72 Å². The molecule has 108 valence electrons. The molecule has 0 fully saturated rings. The van der Waals surface area contributed by atoms with Gasteiger partial charge in [0, 0.05) is 11.9 Å². The van der Waals surface area contributed by atoms with Crippen molar-refractivity contribution in [3.8, 4) is 0 Å². The van der Waals surface area contributed by atoms with Gasteiger partial charge in [0.25, 0.3) is 0 Å². The number of hydrogen-bond donors (Lipinski definition) is 1. The molecule has 0 spiro atoms. The third-order valence-electron chi connectivity index (χ3n) is 2.87. The van der Waals surface area contributed by atoms with Crippen LogP contribution in [-0.4, -0.2) is 20.3 Å². The smallest absolute Gasteiger partial charge is 0.207 e. The third-order valence-corrected chi connectivity index (χ3v) is 5.06. The quantitative estimate of drug-likeness (QED) is 0.840. The van der Waals surface area contributed by atoms with E-state index in [-0.39, 0.29) is 21.4 Å². The van der Waals surface area contributed by atoms with Gasteiger partial charge in [-0.2, -0.15) is 0 Å². The lowest BCUT2D eigenvalue weighted by Crippen LogP contribution is -2.44. The molecule has 0 saturated carbocycles. The van der Waals surface area contributed by atoms with Crippen LogP contribution in [0.3, 0.4) is 0 Å². The standard InChI is InChI=1S/C13H19Cl2NO2S/c1-13(2,3)12(8-9-14)16-19(17,18)11-7-5-4-6-10(11)15/h4-7,12,16H,8-9H2,1-3H3. The van der Waals surface area contributed by atoms with Crippen LogP contribution < -0.4 is 4.72 Å². The second kappa shape index (κ2) is 6.44. The lowest BCUT2D eigenvalue weighted by atomic mass is 9.86. The molecule has 0 aliphatic carbocycles. The first-order valence-corrected chi connectivity index (χ1v) is 8.41. The summed E-state index contributed by atoms with van der Waals surface area (Å²) in [6.45, 7) is 5.91. The highest BCUT2D eigenvalue weighted by molar-refractivity contribution is 7.89. The highest BCUT2D eigenvalue weighted by atomic mass is 35.5. The van der Waals surface area contributed by atoms with Crippen molar-refractivity contribution in [1.29, 1.82) is 0 Å². The van der Waals surface area contributed by atoms with E-state index < -0.39 is 10.0 Å². The lowest BCUT2D eigenvalue weighted by Gasteiger charge is -2.30. The first-order valence-electron chi connectivity index (χ1n) is 6.01. The van der Waals surface area contributed by atoms with Crippen molar-refractivity contribution in [3.05, 3.63) is 29.3 Å². The molecule has 1 unspecified atom stereocenters. The topological polar surface area (TPSA) is 46.2 Å². The number of alkyl halides is 1. The lowest BCUT2D eigenvalue weighted by molar-refractivity contribution is 0.292. The van der Waals surface area contributed by atoms with E-state index >= 15 is 0 Å². The maximum Gasteiger partial charge on any atom is 0.242 e. The van der Waals surface area contributed by atoms with Crippen LogP contribution in [0.2, 0.25) is 5.02 Å². The molecule has 1 aromatic rings. The highest BCUT2D eigenvalue weighted by Crippen LogP contribution is 2.26. The molecule has 6 heteroatoms. The number of halogens is 2. The van der Waals surface area contributed by atoms with Gasteiger partial charge >= 0.3 is 0 Å². The van der Waals surface area contributed by atoms with Gasteiger partial charge in [-0.25, -0.2) is 13.1 Å². The second-order valence-corrected chi connectivity index (χ2v) is 7.92. The summed E-state index contributed by atoms with van der Waals surface area (Å²) in [6.07, 6.45) is 0.564. The van der Waals surface area contributed by atoms with Crippen LogP contribution in [0.5, 0.6) is 0 Å². The fourth-order valence-corrected chi connectivity index (χ4v) is 3.91. The number of hydrogen-bond acceptors (Lipinski definition) is 2. The first-order chi connectivity index (χ1) is 8.68. The SMILES string of the molecule is CC(C)(C)C(CCCl)NS(=O)(=O)c1ccccc1Cl. The molecule has 0 aliphatic rings. The molecule has 3 nitrogen and oxygen atoms in total. The molecule has 0 aromatic heterocycles. The van der Waals surface area contributed by atoms with Gasteiger partial charge in [-0.3, -0.25) is 0 Å². The fraction of sp³-hybridized carbons (Fsp3) is 0.538.